The molecule has 0 fully saturated rings. The van der Waals surface area contributed by atoms with Crippen LogP contribution in [0, 0.1) is 0 Å². The molecule has 0 aliphatic rings. The summed E-state index contributed by atoms with van der Waals surface area (Å²) >= 11 is 0. The average molecular weight is 445 g/mol. The minimum absolute atomic E-state index is 0.0461. The molecule has 162 valence electrons. The highest BCUT2D eigenvalue weighted by molar-refractivity contribution is 7.89. The predicted octanol–water partition coefficient (Wildman–Crippen LogP) is 1.88. The number of sulfonamides is 1. The Labute approximate surface area is 170 Å². The van der Waals surface area contributed by atoms with Crippen LogP contribution in [0.5, 0.6) is 5.75 Å². The second kappa shape index (κ2) is 9.59. The lowest BCUT2D eigenvalue weighted by Gasteiger charge is -2.11. The van der Waals surface area contributed by atoms with Crippen molar-refractivity contribution in [2.75, 3.05) is 18.5 Å². The topological polar surface area (TPSA) is 128 Å². The van der Waals surface area contributed by atoms with Crippen LogP contribution in [0.25, 0.3) is 0 Å². The van der Waals surface area contributed by atoms with Gasteiger partial charge >= 0.3 is 6.18 Å². The zero-order chi connectivity index (χ0) is 22.4. The third-order valence-electron chi connectivity index (χ3n) is 3.65. The fourth-order valence-corrected chi connectivity index (χ4v) is 3.22. The van der Waals surface area contributed by atoms with Gasteiger partial charge in [-0.25, -0.2) is 13.1 Å². The molecule has 2 aromatic rings. The number of primary amides is 1. The van der Waals surface area contributed by atoms with Crippen molar-refractivity contribution >= 4 is 27.5 Å². The Morgan fingerprint density at radius 2 is 1.73 bits per heavy atom. The molecule has 0 aliphatic carbocycles. The second-order valence-electron chi connectivity index (χ2n) is 5.99. The average Bonchev–Trinajstić information content (AvgIpc) is 2.67. The molecule has 0 atom stereocenters. The highest BCUT2D eigenvalue weighted by Gasteiger charge is 2.31. The molecule has 0 spiro atoms. The first-order valence-electron chi connectivity index (χ1n) is 8.45. The minimum Gasteiger partial charge on any atom is -0.493 e. The van der Waals surface area contributed by atoms with E-state index >= 15 is 0 Å². The van der Waals surface area contributed by atoms with Crippen LogP contribution < -0.4 is 20.5 Å². The monoisotopic (exact) mass is 445 g/mol. The van der Waals surface area contributed by atoms with E-state index in [1.165, 1.54) is 24.3 Å². The fraction of sp³-hybridized carbons (Fsp3) is 0.222. The van der Waals surface area contributed by atoms with Gasteiger partial charge in [0.05, 0.1) is 30.0 Å². The van der Waals surface area contributed by atoms with Crippen LogP contribution in [0.4, 0.5) is 18.9 Å². The second-order valence-corrected chi connectivity index (χ2v) is 7.75. The van der Waals surface area contributed by atoms with E-state index in [1.807, 2.05) is 4.72 Å². The number of anilines is 1. The maximum absolute atomic E-state index is 12.7. The summed E-state index contributed by atoms with van der Waals surface area (Å²) in [6, 6.07) is 9.19. The van der Waals surface area contributed by atoms with Crippen molar-refractivity contribution in [3.05, 3.63) is 54.1 Å². The van der Waals surface area contributed by atoms with Gasteiger partial charge in [-0.2, -0.15) is 13.2 Å². The molecule has 0 unspecified atom stereocenters. The van der Waals surface area contributed by atoms with Crippen LogP contribution in [0.1, 0.15) is 12.0 Å². The van der Waals surface area contributed by atoms with Gasteiger partial charge in [-0.3, -0.25) is 9.59 Å². The Morgan fingerprint density at radius 3 is 2.33 bits per heavy atom. The standard InChI is InChI=1S/C18H18F3N3O5S/c19-18(20,21)12-2-1-3-15(10-12)30(27,28)23-11-17(26)24-13-4-6-14(7-5-13)29-9-8-16(22)25/h1-7,10,23H,8-9,11H2,(H2,22,25)(H,24,26). The summed E-state index contributed by atoms with van der Waals surface area (Å²) in [5, 5.41) is 2.43. The van der Waals surface area contributed by atoms with Gasteiger partial charge in [0.2, 0.25) is 21.8 Å². The van der Waals surface area contributed by atoms with Crippen LogP contribution >= 0.6 is 0 Å². The lowest BCUT2D eigenvalue weighted by Crippen LogP contribution is -2.33. The molecule has 0 aliphatic heterocycles. The number of rotatable bonds is 9. The number of hydrogen-bond acceptors (Lipinski definition) is 5. The third kappa shape index (κ3) is 7.04. The number of nitrogens with one attached hydrogen (secondary N) is 2. The lowest BCUT2D eigenvalue weighted by atomic mass is 10.2. The molecule has 2 rings (SSSR count). The van der Waals surface area contributed by atoms with Crippen LogP contribution in [-0.2, 0) is 25.8 Å². The van der Waals surface area contributed by atoms with Gasteiger partial charge in [0.15, 0.2) is 0 Å². The molecule has 0 saturated heterocycles. The number of amides is 2. The van der Waals surface area contributed by atoms with E-state index in [2.05, 4.69) is 5.32 Å². The van der Waals surface area contributed by atoms with Crippen molar-refractivity contribution in [1.82, 2.24) is 4.72 Å². The van der Waals surface area contributed by atoms with E-state index in [0.29, 0.717) is 17.5 Å². The lowest BCUT2D eigenvalue weighted by molar-refractivity contribution is -0.137. The third-order valence-corrected chi connectivity index (χ3v) is 5.05. The quantitative estimate of drug-likeness (QED) is 0.543. The molecule has 8 nitrogen and oxygen atoms in total. The van der Waals surface area contributed by atoms with Crippen molar-refractivity contribution in [3.63, 3.8) is 0 Å². The Hall–Kier alpha value is -3.12. The van der Waals surface area contributed by atoms with Gasteiger partial charge in [-0.05, 0) is 42.5 Å². The van der Waals surface area contributed by atoms with E-state index in [1.54, 1.807) is 0 Å². The predicted molar refractivity (Wildman–Crippen MR) is 101 cm³/mol. The molecular weight excluding hydrogens is 427 g/mol. The molecule has 0 heterocycles. The zero-order valence-electron chi connectivity index (χ0n) is 15.4. The molecule has 0 radical (unpaired) electrons. The Morgan fingerprint density at radius 1 is 1.07 bits per heavy atom. The number of ether oxygens (including phenoxy) is 1. The van der Waals surface area contributed by atoms with Crippen molar-refractivity contribution in [3.8, 4) is 5.75 Å². The summed E-state index contributed by atoms with van der Waals surface area (Å²) in [5.74, 6) is -0.807. The summed E-state index contributed by atoms with van der Waals surface area (Å²) in [5.41, 5.74) is 4.21. The van der Waals surface area contributed by atoms with E-state index in [-0.39, 0.29) is 13.0 Å². The minimum atomic E-state index is -4.70. The van der Waals surface area contributed by atoms with Crippen molar-refractivity contribution in [2.45, 2.75) is 17.5 Å². The van der Waals surface area contributed by atoms with Crippen molar-refractivity contribution in [1.29, 1.82) is 0 Å². The molecule has 2 amide bonds. The van der Waals surface area contributed by atoms with Crippen LogP contribution in [-0.4, -0.2) is 33.4 Å². The zero-order valence-corrected chi connectivity index (χ0v) is 16.2. The first kappa shape index (κ1) is 23.2. The molecular formula is C18H18F3N3O5S. The summed E-state index contributed by atoms with van der Waals surface area (Å²) in [6.45, 7) is -0.589. The number of nitrogens with two attached hydrogens (primary N) is 1. The molecule has 0 aromatic heterocycles. The summed E-state index contributed by atoms with van der Waals surface area (Å²) < 4.78 is 69.7. The van der Waals surface area contributed by atoms with Gasteiger partial charge in [0, 0.05) is 5.69 Å². The first-order valence-corrected chi connectivity index (χ1v) is 9.93. The van der Waals surface area contributed by atoms with E-state index in [4.69, 9.17) is 10.5 Å². The first-order chi connectivity index (χ1) is 14.0. The van der Waals surface area contributed by atoms with Gasteiger partial charge in [0.1, 0.15) is 5.75 Å². The number of alkyl halides is 3. The molecule has 0 bridgehead atoms. The molecule has 4 N–H and O–H groups in total. The molecule has 30 heavy (non-hydrogen) atoms. The Kier molecular flexibility index (Phi) is 7.40. The SMILES string of the molecule is NC(=O)CCOc1ccc(NC(=O)CNS(=O)(=O)c2cccc(C(F)(F)F)c2)cc1. The van der Waals surface area contributed by atoms with Gasteiger partial charge in [-0.15, -0.1) is 0 Å². The summed E-state index contributed by atoms with van der Waals surface area (Å²) in [4.78, 5) is 22.0. The Bertz CT molecular complexity index is 1010. The number of hydrogen-bond donors (Lipinski definition) is 3. The van der Waals surface area contributed by atoms with Gasteiger partial charge in [-0.1, -0.05) is 6.07 Å². The number of halogens is 3. The number of carbonyl (C=O) groups is 2. The number of carbonyl (C=O) groups excluding carboxylic acids is 2. The van der Waals surface area contributed by atoms with Crippen LogP contribution in [0.15, 0.2) is 53.4 Å². The molecule has 12 heteroatoms. The summed E-state index contributed by atoms with van der Waals surface area (Å²) in [6.07, 6.45) is -4.65. The highest BCUT2D eigenvalue weighted by atomic mass is 32.2. The van der Waals surface area contributed by atoms with E-state index in [9.17, 15) is 31.2 Å². The Balaban J connectivity index is 1.91. The van der Waals surface area contributed by atoms with E-state index < -0.39 is 45.0 Å². The van der Waals surface area contributed by atoms with Crippen LogP contribution in [0.2, 0.25) is 0 Å². The fourth-order valence-electron chi connectivity index (χ4n) is 2.19. The van der Waals surface area contributed by atoms with Crippen molar-refractivity contribution in [2.24, 2.45) is 5.73 Å². The van der Waals surface area contributed by atoms with Gasteiger partial charge in [0.25, 0.3) is 0 Å². The molecule has 2 aromatic carbocycles. The van der Waals surface area contributed by atoms with Crippen molar-refractivity contribution < 1.29 is 35.9 Å². The smallest absolute Gasteiger partial charge is 0.416 e. The largest absolute Gasteiger partial charge is 0.493 e. The molecule has 0 saturated carbocycles. The van der Waals surface area contributed by atoms with Crippen LogP contribution in [0.3, 0.4) is 0 Å². The van der Waals surface area contributed by atoms with Gasteiger partial charge < -0.3 is 15.8 Å². The van der Waals surface area contributed by atoms with E-state index in [0.717, 1.165) is 18.2 Å². The maximum Gasteiger partial charge on any atom is 0.416 e. The highest BCUT2D eigenvalue weighted by Crippen LogP contribution is 2.30. The number of benzene rings is 2. The normalized spacial score (nSPS) is 11.7. The maximum atomic E-state index is 12.7. The summed E-state index contributed by atoms with van der Waals surface area (Å²) in [7, 11) is -4.32.